The van der Waals surface area contributed by atoms with E-state index >= 15 is 0 Å². The predicted molar refractivity (Wildman–Crippen MR) is 44.2 cm³/mol. The summed E-state index contributed by atoms with van der Waals surface area (Å²) < 4.78 is 0. The number of nitrogens with one attached hydrogen (secondary N) is 1. The number of hydrogen-bond donors (Lipinski definition) is 2. The predicted octanol–water partition coefficient (Wildman–Crippen LogP) is 0.241. The molecule has 4 nitrogen and oxygen atoms in total. The Balaban J connectivity index is 2.09. The number of rotatable bonds is 1. The molecule has 2 rings (SSSR count). The van der Waals surface area contributed by atoms with Crippen LogP contribution in [-0.4, -0.2) is 29.5 Å². The van der Waals surface area contributed by atoms with Crippen LogP contribution in [0.2, 0.25) is 0 Å². The van der Waals surface area contributed by atoms with Crippen molar-refractivity contribution in [2.45, 2.75) is 25.4 Å². The molecule has 0 amide bonds. The molecule has 2 aliphatic rings. The van der Waals surface area contributed by atoms with E-state index in [0.717, 1.165) is 19.4 Å². The van der Waals surface area contributed by atoms with Crippen LogP contribution in [0.15, 0.2) is 4.99 Å². The zero-order valence-electron chi connectivity index (χ0n) is 6.79. The van der Waals surface area contributed by atoms with E-state index < -0.39 is 5.97 Å². The molecule has 0 aliphatic carbocycles. The lowest BCUT2D eigenvalue weighted by atomic mass is 9.94. The van der Waals surface area contributed by atoms with Gasteiger partial charge >= 0.3 is 5.97 Å². The minimum absolute atomic E-state index is 0.0878. The summed E-state index contributed by atoms with van der Waals surface area (Å²) in [6, 6.07) is 0. The first-order chi connectivity index (χ1) is 5.77. The molecule has 2 atom stereocenters. The minimum atomic E-state index is -0.855. The first-order valence-electron chi connectivity index (χ1n) is 4.31. The van der Waals surface area contributed by atoms with Crippen molar-refractivity contribution in [3.8, 4) is 0 Å². The third-order valence-electron chi connectivity index (χ3n) is 2.55. The quantitative estimate of drug-likeness (QED) is 0.589. The molecule has 0 spiro atoms. The molecule has 0 radical (unpaired) electrons. The second-order valence-electron chi connectivity index (χ2n) is 3.39. The lowest BCUT2D eigenvalue weighted by molar-refractivity contribution is -0.129. The Hall–Kier alpha value is -0.900. The summed E-state index contributed by atoms with van der Waals surface area (Å²) in [7, 11) is 0. The van der Waals surface area contributed by atoms with Crippen molar-refractivity contribution in [1.82, 2.24) is 5.32 Å². The van der Waals surface area contributed by atoms with E-state index in [0.29, 0.717) is 18.1 Å². The van der Waals surface area contributed by atoms with Crippen LogP contribution in [0, 0.1) is 5.92 Å². The van der Waals surface area contributed by atoms with Gasteiger partial charge in [0.05, 0.1) is 0 Å². The third-order valence-corrected chi connectivity index (χ3v) is 2.55. The molecule has 2 aliphatic heterocycles. The van der Waals surface area contributed by atoms with Crippen molar-refractivity contribution in [2.24, 2.45) is 10.9 Å². The average molecular weight is 168 g/mol. The molecule has 0 aromatic carbocycles. The van der Waals surface area contributed by atoms with Gasteiger partial charge in [0.25, 0.3) is 0 Å². The molecule has 2 N–H and O–H groups in total. The number of carboxylic acid groups (broad SMARTS) is 1. The van der Waals surface area contributed by atoms with Crippen molar-refractivity contribution in [2.75, 3.05) is 6.54 Å². The van der Waals surface area contributed by atoms with E-state index in [-0.39, 0.29) is 6.17 Å². The Kier molecular flexibility index (Phi) is 1.84. The highest BCUT2D eigenvalue weighted by Crippen LogP contribution is 2.27. The summed E-state index contributed by atoms with van der Waals surface area (Å²) >= 11 is 0. The Morgan fingerprint density at radius 2 is 2.50 bits per heavy atom. The number of nitrogens with zero attached hydrogens (tertiary/aromatic N) is 1. The first-order valence-corrected chi connectivity index (χ1v) is 4.31. The van der Waals surface area contributed by atoms with Gasteiger partial charge in [-0.25, -0.2) is 4.79 Å². The first kappa shape index (κ1) is 7.73. The van der Waals surface area contributed by atoms with E-state index in [1.54, 1.807) is 0 Å². The molecule has 0 saturated carbocycles. The van der Waals surface area contributed by atoms with Crippen LogP contribution in [0.1, 0.15) is 19.3 Å². The second-order valence-corrected chi connectivity index (χ2v) is 3.39. The van der Waals surface area contributed by atoms with Crippen molar-refractivity contribution in [1.29, 1.82) is 0 Å². The Morgan fingerprint density at radius 3 is 3.17 bits per heavy atom. The van der Waals surface area contributed by atoms with E-state index in [9.17, 15) is 4.79 Å². The molecule has 1 fully saturated rings. The van der Waals surface area contributed by atoms with Crippen LogP contribution in [-0.2, 0) is 4.79 Å². The molecule has 0 bridgehead atoms. The van der Waals surface area contributed by atoms with Crippen molar-refractivity contribution in [3.63, 3.8) is 0 Å². The van der Waals surface area contributed by atoms with Gasteiger partial charge in [-0.3, -0.25) is 10.3 Å². The van der Waals surface area contributed by atoms with Gasteiger partial charge in [0.15, 0.2) is 0 Å². The summed E-state index contributed by atoms with van der Waals surface area (Å²) in [5.41, 5.74) is 0.347. The summed E-state index contributed by atoms with van der Waals surface area (Å²) in [5.74, 6) is -0.420. The van der Waals surface area contributed by atoms with Crippen LogP contribution < -0.4 is 5.32 Å². The van der Waals surface area contributed by atoms with Crippen LogP contribution in [0.3, 0.4) is 0 Å². The molecule has 1 saturated heterocycles. The highest BCUT2D eigenvalue weighted by Gasteiger charge is 2.33. The SMILES string of the molecule is O=C(O)C1=NC2NCCCC2C1. The summed E-state index contributed by atoms with van der Waals surface area (Å²) in [4.78, 5) is 14.7. The second kappa shape index (κ2) is 2.86. The summed E-state index contributed by atoms with van der Waals surface area (Å²) in [6.45, 7) is 0.970. The molecule has 4 heteroatoms. The highest BCUT2D eigenvalue weighted by atomic mass is 16.4. The van der Waals surface area contributed by atoms with Gasteiger partial charge < -0.3 is 5.11 Å². The van der Waals surface area contributed by atoms with Gasteiger partial charge in [-0.2, -0.15) is 0 Å². The molecule has 2 heterocycles. The lowest BCUT2D eigenvalue weighted by Gasteiger charge is -2.24. The Morgan fingerprint density at radius 1 is 1.67 bits per heavy atom. The number of fused-ring (bicyclic) bond motifs is 1. The standard InChI is InChI=1S/C8H12N2O2/c11-8(12)6-4-5-2-1-3-9-7(5)10-6/h5,7,9H,1-4H2,(H,11,12). The van der Waals surface area contributed by atoms with Crippen LogP contribution in [0.5, 0.6) is 0 Å². The monoisotopic (exact) mass is 168 g/mol. The van der Waals surface area contributed by atoms with Gasteiger partial charge in [0.2, 0.25) is 0 Å². The van der Waals surface area contributed by atoms with E-state index in [1.807, 2.05) is 0 Å². The van der Waals surface area contributed by atoms with Crippen LogP contribution in [0.25, 0.3) is 0 Å². The fraction of sp³-hybridized carbons (Fsp3) is 0.750. The van der Waals surface area contributed by atoms with Gasteiger partial charge in [0.1, 0.15) is 11.9 Å². The topological polar surface area (TPSA) is 61.7 Å². The summed E-state index contributed by atoms with van der Waals surface area (Å²) in [6.07, 6.45) is 2.99. The van der Waals surface area contributed by atoms with Gasteiger partial charge in [-0.15, -0.1) is 0 Å². The Bertz CT molecular complexity index is 237. The number of hydrogen-bond acceptors (Lipinski definition) is 3. The summed E-state index contributed by atoms with van der Waals surface area (Å²) in [5, 5.41) is 11.9. The molecule has 2 unspecified atom stereocenters. The van der Waals surface area contributed by atoms with Crippen molar-refractivity contribution in [3.05, 3.63) is 0 Å². The van der Waals surface area contributed by atoms with Gasteiger partial charge in [-0.1, -0.05) is 0 Å². The molecule has 66 valence electrons. The molecule has 0 aromatic rings. The minimum Gasteiger partial charge on any atom is -0.477 e. The number of piperidine rings is 1. The van der Waals surface area contributed by atoms with Crippen LogP contribution >= 0.6 is 0 Å². The van der Waals surface area contributed by atoms with E-state index in [4.69, 9.17) is 5.11 Å². The fourth-order valence-electron chi connectivity index (χ4n) is 1.91. The van der Waals surface area contributed by atoms with Crippen LogP contribution in [0.4, 0.5) is 0 Å². The molecule has 0 aromatic heterocycles. The molecular weight excluding hydrogens is 156 g/mol. The lowest BCUT2D eigenvalue weighted by Crippen LogP contribution is -2.37. The smallest absolute Gasteiger partial charge is 0.349 e. The van der Waals surface area contributed by atoms with Gasteiger partial charge in [0, 0.05) is 12.3 Å². The maximum atomic E-state index is 10.6. The Labute approximate surface area is 70.7 Å². The van der Waals surface area contributed by atoms with Gasteiger partial charge in [-0.05, 0) is 19.4 Å². The highest BCUT2D eigenvalue weighted by molar-refractivity contribution is 6.36. The van der Waals surface area contributed by atoms with E-state index in [1.165, 1.54) is 0 Å². The molecular formula is C8H12N2O2. The molecule has 12 heavy (non-hydrogen) atoms. The number of aliphatic imine (C=N–C) groups is 1. The zero-order valence-corrected chi connectivity index (χ0v) is 6.79. The fourth-order valence-corrected chi connectivity index (χ4v) is 1.91. The maximum absolute atomic E-state index is 10.6. The normalized spacial score (nSPS) is 34.2. The van der Waals surface area contributed by atoms with E-state index in [2.05, 4.69) is 10.3 Å². The third kappa shape index (κ3) is 1.22. The largest absolute Gasteiger partial charge is 0.477 e. The van der Waals surface area contributed by atoms with Crippen molar-refractivity contribution >= 4 is 11.7 Å². The van der Waals surface area contributed by atoms with Crippen molar-refractivity contribution < 1.29 is 9.90 Å². The number of carboxylic acids is 1. The number of aliphatic carboxylic acids is 1. The number of carbonyl (C=O) groups is 1. The maximum Gasteiger partial charge on any atom is 0.349 e. The zero-order chi connectivity index (χ0) is 8.55. The average Bonchev–Trinajstić information content (AvgIpc) is 2.46.